The number of carboxylic acids is 1. The van der Waals surface area contributed by atoms with Crippen LogP contribution in [0.4, 0.5) is 36.8 Å². The number of carboxylic acid groups (broad SMARTS) is 1. The van der Waals surface area contributed by atoms with Gasteiger partial charge in [-0.05, 0) is 69.0 Å². The van der Waals surface area contributed by atoms with Crippen LogP contribution in [-0.2, 0) is 28.4 Å². The van der Waals surface area contributed by atoms with E-state index in [1.54, 1.807) is 6.92 Å². The topological polar surface area (TPSA) is 70.1 Å². The van der Waals surface area contributed by atoms with Gasteiger partial charge in [0.25, 0.3) is 5.97 Å². The number of aliphatic carboxylic acids is 1. The molecule has 0 bridgehead atoms. The van der Waals surface area contributed by atoms with Crippen molar-refractivity contribution >= 4 is 17.7 Å². The van der Waals surface area contributed by atoms with Crippen LogP contribution in [-0.4, -0.2) is 40.7 Å². The number of ether oxygens (including phenoxy) is 1. The van der Waals surface area contributed by atoms with E-state index in [-0.39, 0.29) is 18.2 Å². The fraction of sp³-hybridized carbons (Fsp3) is 0.533. The number of halogens is 6. The number of rotatable bonds is 6. The second kappa shape index (κ2) is 13.2. The van der Waals surface area contributed by atoms with E-state index in [1.807, 2.05) is 25.1 Å². The second-order valence-electron chi connectivity index (χ2n) is 10.7. The van der Waals surface area contributed by atoms with Crippen LogP contribution in [0.3, 0.4) is 0 Å². The molecule has 1 amide bonds. The summed E-state index contributed by atoms with van der Waals surface area (Å²) in [5.74, 6) is -0.833. The maximum absolute atomic E-state index is 13.4. The van der Waals surface area contributed by atoms with E-state index in [2.05, 4.69) is 11.8 Å². The van der Waals surface area contributed by atoms with Crippen LogP contribution in [0, 0.1) is 6.92 Å². The third kappa shape index (κ3) is 8.10. The average molecular weight is 603 g/mol. The average Bonchev–Trinajstić information content (AvgIpc) is 3.18. The molecule has 1 aliphatic carbocycles. The van der Waals surface area contributed by atoms with Crippen molar-refractivity contribution in [1.82, 2.24) is 4.90 Å². The lowest BCUT2D eigenvalue weighted by Crippen LogP contribution is -2.38. The first-order valence-corrected chi connectivity index (χ1v) is 13.8. The highest BCUT2D eigenvalue weighted by atomic mass is 19.4. The molecule has 1 N–H and O–H groups in total. The molecular formula is C30H36F6N2O4. The van der Waals surface area contributed by atoms with Crippen LogP contribution >= 0.6 is 0 Å². The van der Waals surface area contributed by atoms with Gasteiger partial charge in [0, 0.05) is 25.2 Å². The molecule has 2 aromatic carbocycles. The summed E-state index contributed by atoms with van der Waals surface area (Å²) in [4.78, 5) is 25.6. The Morgan fingerprint density at radius 2 is 1.55 bits per heavy atom. The summed E-state index contributed by atoms with van der Waals surface area (Å²) < 4.78 is 85.9. The van der Waals surface area contributed by atoms with E-state index in [1.165, 1.54) is 11.3 Å². The monoisotopic (exact) mass is 602 g/mol. The van der Waals surface area contributed by atoms with Crippen molar-refractivity contribution in [2.45, 2.75) is 96.9 Å². The first kappa shape index (κ1) is 33.1. The Balaban J connectivity index is 0.00000114. The zero-order chi connectivity index (χ0) is 31.4. The minimum absolute atomic E-state index is 0.0757. The molecule has 0 aromatic heterocycles. The summed E-state index contributed by atoms with van der Waals surface area (Å²) in [7, 11) is 0. The number of cyclic esters (lactones) is 1. The summed E-state index contributed by atoms with van der Waals surface area (Å²) in [6.45, 7) is 7.57. The number of carbonyl (C=O) groups is 2. The molecule has 1 aliphatic heterocycles. The maximum atomic E-state index is 13.4. The molecule has 0 radical (unpaired) electrons. The standard InChI is InChI=1S/C28H32F6N2O2.C2H4O2/c1-4-35(23-8-6-5-7-9-23)24-11-10-17(2)12-20(24)16-36-18(3)25(38-26(36)37)19-13-21(27(29,30)31)15-22(14-19)28(32,33)34;1-2(3)4/h10-15,18,23,25H,4-9,16H2,1-3H3;1H3,(H,3,4). The molecule has 1 heterocycles. The van der Waals surface area contributed by atoms with Crippen molar-refractivity contribution in [2.75, 3.05) is 11.4 Å². The summed E-state index contributed by atoms with van der Waals surface area (Å²) >= 11 is 0. The highest BCUT2D eigenvalue weighted by Gasteiger charge is 2.43. The number of alkyl halides is 6. The highest BCUT2D eigenvalue weighted by molar-refractivity contribution is 5.72. The smallest absolute Gasteiger partial charge is 0.416 e. The minimum atomic E-state index is -4.99. The van der Waals surface area contributed by atoms with Crippen molar-refractivity contribution < 1.29 is 45.8 Å². The maximum Gasteiger partial charge on any atom is 0.416 e. The Hall–Kier alpha value is -3.44. The second-order valence-corrected chi connectivity index (χ2v) is 10.7. The van der Waals surface area contributed by atoms with Crippen LogP contribution in [0.25, 0.3) is 0 Å². The zero-order valence-corrected chi connectivity index (χ0v) is 24.0. The molecule has 2 atom stereocenters. The number of hydrogen-bond acceptors (Lipinski definition) is 4. The Labute approximate surface area is 241 Å². The predicted octanol–water partition coefficient (Wildman–Crippen LogP) is 8.36. The summed E-state index contributed by atoms with van der Waals surface area (Å²) in [6.07, 6.45) is -6.38. The number of nitrogens with zero attached hydrogens (tertiary/aromatic N) is 2. The van der Waals surface area contributed by atoms with Crippen molar-refractivity contribution in [3.63, 3.8) is 0 Å². The zero-order valence-electron chi connectivity index (χ0n) is 24.0. The Morgan fingerprint density at radius 3 is 2.05 bits per heavy atom. The molecule has 232 valence electrons. The Kier molecular flexibility index (Phi) is 10.4. The molecule has 4 rings (SSSR count). The minimum Gasteiger partial charge on any atom is -0.481 e. The third-order valence-electron chi connectivity index (χ3n) is 7.57. The van der Waals surface area contributed by atoms with E-state index in [4.69, 9.17) is 14.6 Å². The molecule has 2 unspecified atom stereocenters. The fourth-order valence-corrected chi connectivity index (χ4v) is 5.63. The van der Waals surface area contributed by atoms with Crippen molar-refractivity contribution in [3.8, 4) is 0 Å². The van der Waals surface area contributed by atoms with Gasteiger partial charge in [0.15, 0.2) is 0 Å². The van der Waals surface area contributed by atoms with E-state index in [0.29, 0.717) is 18.2 Å². The van der Waals surface area contributed by atoms with Crippen molar-refractivity contribution in [1.29, 1.82) is 0 Å². The lowest BCUT2D eigenvalue weighted by molar-refractivity contribution is -0.143. The molecule has 12 heteroatoms. The molecular weight excluding hydrogens is 566 g/mol. The predicted molar refractivity (Wildman–Crippen MR) is 145 cm³/mol. The van der Waals surface area contributed by atoms with Crippen LogP contribution in [0.2, 0.25) is 0 Å². The van der Waals surface area contributed by atoms with Gasteiger partial charge in [-0.15, -0.1) is 0 Å². The summed E-state index contributed by atoms with van der Waals surface area (Å²) in [5, 5.41) is 7.42. The van der Waals surface area contributed by atoms with Crippen molar-refractivity contribution in [3.05, 3.63) is 64.2 Å². The van der Waals surface area contributed by atoms with E-state index in [9.17, 15) is 31.1 Å². The number of anilines is 1. The summed E-state index contributed by atoms with van der Waals surface area (Å²) in [6, 6.07) is 6.92. The SMILES string of the molecule is CC(=O)O.CCN(c1ccc(C)cc1CN1C(=O)OC(c2cc(C(F)(F)F)cc(C(F)(F)F)c2)C1C)C1CCCCC1. The number of aryl methyl sites for hydroxylation is 1. The largest absolute Gasteiger partial charge is 0.481 e. The van der Waals surface area contributed by atoms with Gasteiger partial charge in [0.1, 0.15) is 6.10 Å². The van der Waals surface area contributed by atoms with E-state index >= 15 is 0 Å². The molecule has 1 saturated carbocycles. The number of benzene rings is 2. The van der Waals surface area contributed by atoms with Crippen molar-refractivity contribution in [2.24, 2.45) is 0 Å². The quantitative estimate of drug-likeness (QED) is 0.337. The van der Waals surface area contributed by atoms with E-state index in [0.717, 1.165) is 56.0 Å². The van der Waals surface area contributed by atoms with Gasteiger partial charge in [-0.2, -0.15) is 26.3 Å². The first-order valence-electron chi connectivity index (χ1n) is 13.8. The van der Waals surface area contributed by atoms with Gasteiger partial charge in [-0.25, -0.2) is 4.79 Å². The van der Waals surface area contributed by atoms with Gasteiger partial charge in [0.2, 0.25) is 0 Å². The molecule has 1 saturated heterocycles. The molecule has 2 fully saturated rings. The lowest BCUT2D eigenvalue weighted by Gasteiger charge is -2.37. The molecule has 2 aliphatic rings. The number of carbonyl (C=O) groups excluding carboxylic acids is 1. The van der Waals surface area contributed by atoms with Gasteiger partial charge < -0.3 is 14.7 Å². The van der Waals surface area contributed by atoms with Gasteiger partial charge >= 0.3 is 18.4 Å². The van der Waals surface area contributed by atoms with Crippen LogP contribution < -0.4 is 4.90 Å². The number of amides is 1. The molecule has 0 spiro atoms. The number of hydrogen-bond donors (Lipinski definition) is 1. The highest BCUT2D eigenvalue weighted by Crippen LogP contribution is 2.41. The fourth-order valence-electron chi connectivity index (χ4n) is 5.63. The van der Waals surface area contributed by atoms with Gasteiger partial charge in [0.05, 0.1) is 23.7 Å². The van der Waals surface area contributed by atoms with Crippen LogP contribution in [0.5, 0.6) is 0 Å². The molecule has 6 nitrogen and oxygen atoms in total. The van der Waals surface area contributed by atoms with Crippen LogP contribution in [0.1, 0.15) is 86.8 Å². The molecule has 2 aromatic rings. The molecule has 42 heavy (non-hydrogen) atoms. The Bertz CT molecular complexity index is 1220. The first-order chi connectivity index (χ1) is 19.5. The normalized spacial score (nSPS) is 19.7. The Morgan fingerprint density at radius 1 is 1.00 bits per heavy atom. The van der Waals surface area contributed by atoms with Crippen LogP contribution in [0.15, 0.2) is 36.4 Å². The van der Waals surface area contributed by atoms with Gasteiger partial charge in [-0.1, -0.05) is 37.0 Å². The third-order valence-corrected chi connectivity index (χ3v) is 7.57. The lowest BCUT2D eigenvalue weighted by atomic mass is 9.93. The van der Waals surface area contributed by atoms with Gasteiger partial charge in [-0.3, -0.25) is 9.69 Å². The van der Waals surface area contributed by atoms with E-state index < -0.39 is 47.7 Å². The summed E-state index contributed by atoms with van der Waals surface area (Å²) in [5.41, 5.74) is -0.383.